The summed E-state index contributed by atoms with van der Waals surface area (Å²) in [6.45, 7) is 1.38. The third-order valence-corrected chi connectivity index (χ3v) is 6.61. The van der Waals surface area contributed by atoms with Crippen molar-refractivity contribution in [1.82, 2.24) is 10.0 Å². The Kier molecular flexibility index (Phi) is 4.45. The summed E-state index contributed by atoms with van der Waals surface area (Å²) in [5.41, 5.74) is 0. The van der Waals surface area contributed by atoms with Crippen molar-refractivity contribution in [2.45, 2.75) is 56.0 Å². The molecule has 2 aliphatic rings. The van der Waals surface area contributed by atoms with E-state index in [0.717, 1.165) is 24.3 Å². The molecule has 20 heavy (non-hydrogen) atoms. The van der Waals surface area contributed by atoms with Crippen LogP contribution in [0.25, 0.3) is 0 Å². The van der Waals surface area contributed by atoms with Gasteiger partial charge in [0.2, 0.25) is 10.0 Å². The Morgan fingerprint density at radius 3 is 2.65 bits per heavy atom. The van der Waals surface area contributed by atoms with Gasteiger partial charge >= 0.3 is 0 Å². The first-order valence-electron chi connectivity index (χ1n) is 7.44. The molecule has 3 rings (SSSR count). The van der Waals surface area contributed by atoms with Crippen molar-refractivity contribution >= 4 is 21.4 Å². The zero-order valence-corrected chi connectivity index (χ0v) is 13.2. The van der Waals surface area contributed by atoms with Crippen LogP contribution >= 0.6 is 11.3 Å². The zero-order valence-electron chi connectivity index (χ0n) is 11.6. The van der Waals surface area contributed by atoms with E-state index in [-0.39, 0.29) is 0 Å². The van der Waals surface area contributed by atoms with Gasteiger partial charge in [-0.3, -0.25) is 0 Å². The lowest BCUT2D eigenvalue weighted by Crippen LogP contribution is -2.28. The molecule has 1 aromatic heterocycles. The minimum atomic E-state index is -3.32. The molecule has 0 unspecified atom stereocenters. The van der Waals surface area contributed by atoms with E-state index in [1.165, 1.54) is 37.0 Å². The quantitative estimate of drug-likeness (QED) is 0.813. The van der Waals surface area contributed by atoms with E-state index in [9.17, 15) is 8.42 Å². The molecule has 2 fully saturated rings. The SMILES string of the molecule is O=S(=O)(NCC1CCCC1)c1csc(CNC2CC2)c1. The summed E-state index contributed by atoms with van der Waals surface area (Å²) >= 11 is 1.52. The Bertz CT molecular complexity index is 543. The second kappa shape index (κ2) is 6.13. The predicted molar refractivity (Wildman–Crippen MR) is 81.3 cm³/mol. The van der Waals surface area contributed by atoms with Crippen LogP contribution < -0.4 is 10.0 Å². The molecular formula is C14H22N2O2S2. The highest BCUT2D eigenvalue weighted by Gasteiger charge is 2.22. The van der Waals surface area contributed by atoms with Crippen LogP contribution in [0.1, 0.15) is 43.4 Å². The van der Waals surface area contributed by atoms with Gasteiger partial charge in [0.05, 0.1) is 4.90 Å². The van der Waals surface area contributed by atoms with E-state index in [2.05, 4.69) is 10.0 Å². The molecule has 1 heterocycles. The number of hydrogen-bond acceptors (Lipinski definition) is 4. The summed E-state index contributed by atoms with van der Waals surface area (Å²) in [6.07, 6.45) is 7.29. The lowest BCUT2D eigenvalue weighted by atomic mass is 10.1. The monoisotopic (exact) mass is 314 g/mol. The predicted octanol–water partition coefficient (Wildman–Crippen LogP) is 2.47. The highest BCUT2D eigenvalue weighted by molar-refractivity contribution is 7.89. The van der Waals surface area contributed by atoms with Crippen molar-refractivity contribution in [3.8, 4) is 0 Å². The van der Waals surface area contributed by atoms with Crippen molar-refractivity contribution in [3.63, 3.8) is 0 Å². The van der Waals surface area contributed by atoms with Gasteiger partial charge in [-0.15, -0.1) is 11.3 Å². The second-order valence-corrected chi connectivity index (χ2v) is 8.67. The molecule has 112 valence electrons. The highest BCUT2D eigenvalue weighted by Crippen LogP contribution is 2.25. The Morgan fingerprint density at radius 2 is 1.95 bits per heavy atom. The van der Waals surface area contributed by atoms with Gasteiger partial charge in [0.25, 0.3) is 0 Å². The fraction of sp³-hybridized carbons (Fsp3) is 0.714. The summed E-state index contributed by atoms with van der Waals surface area (Å²) in [4.78, 5) is 1.52. The van der Waals surface area contributed by atoms with Crippen LogP contribution in [-0.4, -0.2) is 21.0 Å². The van der Waals surface area contributed by atoms with Gasteiger partial charge in [-0.1, -0.05) is 12.8 Å². The van der Waals surface area contributed by atoms with E-state index in [1.54, 1.807) is 11.4 Å². The molecule has 6 heteroatoms. The Hall–Kier alpha value is -0.430. The summed E-state index contributed by atoms with van der Waals surface area (Å²) < 4.78 is 27.2. The molecule has 2 N–H and O–H groups in total. The summed E-state index contributed by atoms with van der Waals surface area (Å²) in [7, 11) is -3.32. The standard InChI is InChI=1S/C14H22N2O2S2/c17-20(18,16-8-11-3-1-2-4-11)14-7-13(19-10-14)9-15-12-5-6-12/h7,10-12,15-16H,1-6,8-9H2. The minimum absolute atomic E-state index is 0.424. The highest BCUT2D eigenvalue weighted by atomic mass is 32.2. The number of rotatable bonds is 7. The van der Waals surface area contributed by atoms with Crippen LogP contribution in [0.15, 0.2) is 16.3 Å². The number of thiophene rings is 1. The Labute approximate surface area is 125 Å². The molecule has 0 saturated heterocycles. The van der Waals surface area contributed by atoms with Gasteiger partial charge in [0.15, 0.2) is 0 Å². The molecule has 0 amide bonds. The minimum Gasteiger partial charge on any atom is -0.309 e. The summed E-state index contributed by atoms with van der Waals surface area (Å²) in [5, 5.41) is 5.16. The molecule has 0 bridgehead atoms. The Balaban J connectivity index is 1.55. The van der Waals surface area contributed by atoms with Crippen LogP contribution in [0.5, 0.6) is 0 Å². The second-order valence-electron chi connectivity index (χ2n) is 5.91. The number of sulfonamides is 1. The van der Waals surface area contributed by atoms with Crippen molar-refractivity contribution in [2.75, 3.05) is 6.54 Å². The molecule has 1 aromatic rings. The van der Waals surface area contributed by atoms with E-state index in [4.69, 9.17) is 0 Å². The molecule has 0 spiro atoms. The van der Waals surface area contributed by atoms with E-state index in [1.807, 2.05) is 0 Å². The van der Waals surface area contributed by atoms with Gasteiger partial charge < -0.3 is 5.32 Å². The average Bonchev–Trinajstić information content (AvgIpc) is 2.94. The molecule has 0 aliphatic heterocycles. The number of nitrogens with one attached hydrogen (secondary N) is 2. The van der Waals surface area contributed by atoms with Crippen LogP contribution in [0, 0.1) is 5.92 Å². The summed E-state index contributed by atoms with van der Waals surface area (Å²) in [6, 6.07) is 2.45. The van der Waals surface area contributed by atoms with Gasteiger partial charge in [-0.05, 0) is 37.7 Å². The van der Waals surface area contributed by atoms with Crippen molar-refractivity contribution < 1.29 is 8.42 Å². The van der Waals surface area contributed by atoms with Gasteiger partial charge in [-0.2, -0.15) is 0 Å². The van der Waals surface area contributed by atoms with Crippen LogP contribution in [0.3, 0.4) is 0 Å². The van der Waals surface area contributed by atoms with E-state index < -0.39 is 10.0 Å². The molecule has 2 aliphatic carbocycles. The first kappa shape index (κ1) is 14.5. The molecule has 4 nitrogen and oxygen atoms in total. The first-order chi connectivity index (χ1) is 9.63. The Morgan fingerprint density at radius 1 is 1.20 bits per heavy atom. The van der Waals surface area contributed by atoms with Crippen molar-refractivity contribution in [3.05, 3.63) is 16.3 Å². The van der Waals surface area contributed by atoms with Crippen LogP contribution in [0.2, 0.25) is 0 Å². The normalized spacial score (nSPS) is 20.6. The fourth-order valence-corrected chi connectivity index (χ4v) is 4.99. The molecular weight excluding hydrogens is 292 g/mol. The molecule has 0 aromatic carbocycles. The largest absolute Gasteiger partial charge is 0.309 e. The van der Waals surface area contributed by atoms with E-state index >= 15 is 0 Å². The molecule has 2 saturated carbocycles. The zero-order chi connectivity index (χ0) is 14.0. The fourth-order valence-electron chi connectivity index (χ4n) is 2.65. The van der Waals surface area contributed by atoms with Crippen LogP contribution in [0.4, 0.5) is 0 Å². The maximum Gasteiger partial charge on any atom is 0.241 e. The van der Waals surface area contributed by atoms with E-state index in [0.29, 0.717) is 23.4 Å². The molecule has 0 atom stereocenters. The topological polar surface area (TPSA) is 58.2 Å². The molecule has 0 radical (unpaired) electrons. The lowest BCUT2D eigenvalue weighted by molar-refractivity contribution is 0.520. The maximum absolute atomic E-state index is 12.2. The van der Waals surface area contributed by atoms with Crippen molar-refractivity contribution in [1.29, 1.82) is 0 Å². The lowest BCUT2D eigenvalue weighted by Gasteiger charge is -2.10. The van der Waals surface area contributed by atoms with Gasteiger partial charge in [0.1, 0.15) is 0 Å². The third-order valence-electron chi connectivity index (χ3n) is 4.12. The van der Waals surface area contributed by atoms with Crippen molar-refractivity contribution in [2.24, 2.45) is 5.92 Å². The van der Waals surface area contributed by atoms with Crippen LogP contribution in [-0.2, 0) is 16.6 Å². The van der Waals surface area contributed by atoms with Gasteiger partial charge in [0, 0.05) is 29.4 Å². The summed E-state index contributed by atoms with van der Waals surface area (Å²) in [5.74, 6) is 0.527. The smallest absolute Gasteiger partial charge is 0.241 e. The first-order valence-corrected chi connectivity index (χ1v) is 9.80. The third kappa shape index (κ3) is 3.81. The average molecular weight is 314 g/mol. The maximum atomic E-state index is 12.2. The van der Waals surface area contributed by atoms with Gasteiger partial charge in [-0.25, -0.2) is 13.1 Å². The number of hydrogen-bond donors (Lipinski definition) is 2.